The second kappa shape index (κ2) is 6.46. The lowest BCUT2D eigenvalue weighted by Crippen LogP contribution is -2.41. The highest BCUT2D eigenvalue weighted by Crippen LogP contribution is 2.14. The van der Waals surface area contributed by atoms with Crippen LogP contribution in [0.3, 0.4) is 0 Å². The van der Waals surface area contributed by atoms with Crippen LogP contribution in [0.15, 0.2) is 0 Å². The van der Waals surface area contributed by atoms with E-state index in [-0.39, 0.29) is 0 Å². The van der Waals surface area contributed by atoms with E-state index in [2.05, 4.69) is 43.2 Å². The van der Waals surface area contributed by atoms with Gasteiger partial charge in [-0.3, -0.25) is 0 Å². The van der Waals surface area contributed by atoms with E-state index in [0.29, 0.717) is 6.04 Å². The number of nitrogens with one attached hydrogen (secondary N) is 1. The number of rotatable bonds is 5. The van der Waals surface area contributed by atoms with Crippen molar-refractivity contribution in [2.24, 2.45) is 5.92 Å². The van der Waals surface area contributed by atoms with E-state index in [9.17, 15) is 0 Å². The molecule has 1 aliphatic heterocycles. The van der Waals surface area contributed by atoms with Gasteiger partial charge in [-0.25, -0.2) is 0 Å². The van der Waals surface area contributed by atoms with Crippen molar-refractivity contribution in [2.45, 2.75) is 25.8 Å². The number of hydrogen-bond donors (Lipinski definition) is 1. The van der Waals surface area contributed by atoms with Crippen LogP contribution in [0, 0.1) is 5.92 Å². The molecule has 0 spiro atoms. The van der Waals surface area contributed by atoms with Crippen LogP contribution >= 0.6 is 0 Å². The molecule has 0 radical (unpaired) electrons. The molecule has 0 aromatic carbocycles. The third-order valence-electron chi connectivity index (χ3n) is 3.23. The van der Waals surface area contributed by atoms with Crippen LogP contribution in [0.4, 0.5) is 0 Å². The number of nitrogens with zero attached hydrogens (tertiary/aromatic N) is 2. The first-order chi connectivity index (χ1) is 7.08. The van der Waals surface area contributed by atoms with Gasteiger partial charge in [-0.1, -0.05) is 0 Å². The molecule has 0 aromatic rings. The van der Waals surface area contributed by atoms with E-state index in [1.165, 1.54) is 32.5 Å². The highest BCUT2D eigenvalue weighted by atomic mass is 15.1. The van der Waals surface area contributed by atoms with Crippen molar-refractivity contribution in [3.63, 3.8) is 0 Å². The highest BCUT2D eigenvalue weighted by Gasteiger charge is 2.16. The quantitative estimate of drug-likeness (QED) is 0.731. The second-order valence-electron chi connectivity index (χ2n) is 5.32. The van der Waals surface area contributed by atoms with Crippen molar-refractivity contribution >= 4 is 0 Å². The Morgan fingerprint density at radius 2 is 1.93 bits per heavy atom. The van der Waals surface area contributed by atoms with Crippen LogP contribution in [-0.4, -0.2) is 63.2 Å². The van der Waals surface area contributed by atoms with Gasteiger partial charge >= 0.3 is 0 Å². The van der Waals surface area contributed by atoms with E-state index in [4.69, 9.17) is 0 Å². The molecule has 1 rings (SSSR count). The second-order valence-corrected chi connectivity index (χ2v) is 5.32. The number of likely N-dealkylation sites (N-methyl/N-ethyl adjacent to an activating group) is 1. The molecule has 1 atom stereocenters. The first-order valence-corrected chi connectivity index (χ1v) is 6.14. The summed E-state index contributed by atoms with van der Waals surface area (Å²) in [7, 11) is 6.49. The van der Waals surface area contributed by atoms with E-state index < -0.39 is 0 Å². The zero-order valence-corrected chi connectivity index (χ0v) is 10.8. The minimum atomic E-state index is 0.611. The molecule has 3 nitrogen and oxygen atoms in total. The predicted molar refractivity (Wildman–Crippen MR) is 66.2 cm³/mol. The lowest BCUT2D eigenvalue weighted by Gasteiger charge is -2.30. The molecular formula is C12H27N3. The Kier molecular flexibility index (Phi) is 5.58. The number of piperidine rings is 1. The Morgan fingerprint density at radius 3 is 2.47 bits per heavy atom. The number of hydrogen-bond acceptors (Lipinski definition) is 3. The summed E-state index contributed by atoms with van der Waals surface area (Å²) in [4.78, 5) is 4.67. The van der Waals surface area contributed by atoms with Crippen LogP contribution in [0.5, 0.6) is 0 Å². The van der Waals surface area contributed by atoms with Crippen molar-refractivity contribution < 1.29 is 0 Å². The first-order valence-electron chi connectivity index (χ1n) is 6.14. The summed E-state index contributed by atoms with van der Waals surface area (Å²) in [5.41, 5.74) is 0. The first kappa shape index (κ1) is 12.9. The molecule has 0 aromatic heterocycles. The van der Waals surface area contributed by atoms with Gasteiger partial charge < -0.3 is 15.1 Å². The Balaban J connectivity index is 2.09. The van der Waals surface area contributed by atoms with Crippen LogP contribution < -0.4 is 5.32 Å². The van der Waals surface area contributed by atoms with Gasteiger partial charge in [0.15, 0.2) is 0 Å². The van der Waals surface area contributed by atoms with Crippen molar-refractivity contribution in [3.05, 3.63) is 0 Å². The van der Waals surface area contributed by atoms with Gasteiger partial charge in [-0.05, 0) is 66.5 Å². The molecule has 90 valence electrons. The molecule has 1 saturated heterocycles. The highest BCUT2D eigenvalue weighted by molar-refractivity contribution is 4.74. The summed E-state index contributed by atoms with van der Waals surface area (Å²) >= 11 is 0. The van der Waals surface area contributed by atoms with E-state index in [0.717, 1.165) is 12.5 Å². The van der Waals surface area contributed by atoms with Gasteiger partial charge in [0.2, 0.25) is 0 Å². The van der Waals surface area contributed by atoms with Crippen molar-refractivity contribution in [1.29, 1.82) is 0 Å². The largest absolute Gasteiger partial charge is 0.313 e. The van der Waals surface area contributed by atoms with Gasteiger partial charge in [0.05, 0.1) is 0 Å². The smallest absolute Gasteiger partial charge is 0.0166 e. The van der Waals surface area contributed by atoms with Gasteiger partial charge in [-0.2, -0.15) is 0 Å². The normalized spacial score (nSPS) is 22.2. The van der Waals surface area contributed by atoms with Crippen molar-refractivity contribution in [2.75, 3.05) is 47.3 Å². The lowest BCUT2D eigenvalue weighted by atomic mass is 9.97. The topological polar surface area (TPSA) is 18.5 Å². The fourth-order valence-corrected chi connectivity index (χ4v) is 2.25. The molecule has 0 bridgehead atoms. The van der Waals surface area contributed by atoms with Crippen LogP contribution in [0.1, 0.15) is 19.8 Å². The monoisotopic (exact) mass is 213 g/mol. The average molecular weight is 213 g/mol. The lowest BCUT2D eigenvalue weighted by molar-refractivity contribution is 0.210. The molecular weight excluding hydrogens is 186 g/mol. The molecule has 1 unspecified atom stereocenters. The summed E-state index contributed by atoms with van der Waals surface area (Å²) in [6.07, 6.45) is 2.72. The number of likely N-dealkylation sites (tertiary alicyclic amines) is 1. The molecule has 3 heteroatoms. The molecule has 0 aliphatic carbocycles. The Bertz CT molecular complexity index is 162. The summed E-state index contributed by atoms with van der Waals surface area (Å²) in [6, 6.07) is 0.611. The van der Waals surface area contributed by atoms with E-state index in [1.54, 1.807) is 0 Å². The van der Waals surface area contributed by atoms with Crippen LogP contribution in [-0.2, 0) is 0 Å². The molecule has 0 saturated carbocycles. The van der Waals surface area contributed by atoms with Gasteiger partial charge in [0.1, 0.15) is 0 Å². The summed E-state index contributed by atoms with van der Waals surface area (Å²) in [5, 5.41) is 3.64. The molecule has 15 heavy (non-hydrogen) atoms. The fourth-order valence-electron chi connectivity index (χ4n) is 2.25. The zero-order valence-electron chi connectivity index (χ0n) is 10.8. The van der Waals surface area contributed by atoms with Gasteiger partial charge in [-0.15, -0.1) is 0 Å². The molecule has 0 amide bonds. The van der Waals surface area contributed by atoms with E-state index in [1.807, 2.05) is 0 Å². The Hall–Kier alpha value is -0.120. The minimum absolute atomic E-state index is 0.611. The van der Waals surface area contributed by atoms with Crippen LogP contribution in [0.2, 0.25) is 0 Å². The van der Waals surface area contributed by atoms with Gasteiger partial charge in [0, 0.05) is 12.6 Å². The van der Waals surface area contributed by atoms with Crippen molar-refractivity contribution in [3.8, 4) is 0 Å². The summed E-state index contributed by atoms with van der Waals surface area (Å²) in [5.74, 6) is 0.894. The fraction of sp³-hybridized carbons (Fsp3) is 1.00. The van der Waals surface area contributed by atoms with Crippen LogP contribution in [0.25, 0.3) is 0 Å². The summed E-state index contributed by atoms with van der Waals surface area (Å²) < 4.78 is 0. The van der Waals surface area contributed by atoms with Gasteiger partial charge in [0.25, 0.3) is 0 Å². The SMILES string of the molecule is CC(CN(C)C)NCC1CCN(C)CC1. The maximum atomic E-state index is 3.64. The standard InChI is InChI=1S/C12H27N3/c1-11(10-14(2)3)13-9-12-5-7-15(4)8-6-12/h11-13H,5-10H2,1-4H3. The molecule has 1 N–H and O–H groups in total. The van der Waals surface area contributed by atoms with E-state index >= 15 is 0 Å². The minimum Gasteiger partial charge on any atom is -0.313 e. The third kappa shape index (κ3) is 5.50. The predicted octanol–water partition coefficient (Wildman–Crippen LogP) is 0.868. The molecule has 1 aliphatic rings. The maximum absolute atomic E-state index is 3.64. The maximum Gasteiger partial charge on any atom is 0.0166 e. The average Bonchev–Trinajstić information content (AvgIpc) is 2.16. The summed E-state index contributed by atoms with van der Waals surface area (Å²) in [6.45, 7) is 7.15. The Morgan fingerprint density at radius 1 is 1.33 bits per heavy atom. The zero-order chi connectivity index (χ0) is 11.3. The van der Waals surface area contributed by atoms with Crippen molar-refractivity contribution in [1.82, 2.24) is 15.1 Å². The Labute approximate surface area is 94.8 Å². The third-order valence-corrected chi connectivity index (χ3v) is 3.23. The molecule has 1 heterocycles. The molecule has 1 fully saturated rings.